The molecule has 2 aliphatic heterocycles. The molecule has 8 N–H and O–H groups in total. The minimum absolute atomic E-state index is 0.00526. The highest BCUT2D eigenvalue weighted by Gasteiger charge is 2.40. The van der Waals surface area contributed by atoms with Crippen LogP contribution < -0.4 is 31.5 Å². The topological polar surface area (TPSA) is 363 Å². The molecule has 10 bridgehead atoms. The van der Waals surface area contributed by atoms with Crippen molar-refractivity contribution in [3.05, 3.63) is 111 Å². The number of benzene rings is 1. The third-order valence-corrected chi connectivity index (χ3v) is 20.2. The van der Waals surface area contributed by atoms with Gasteiger partial charge < -0.3 is 51.5 Å². The quantitative estimate of drug-likeness (QED) is 0.0427. The lowest BCUT2D eigenvalue weighted by molar-refractivity contribution is -0.138. The molecule has 7 aromatic heterocycles. The van der Waals surface area contributed by atoms with E-state index in [-0.39, 0.29) is 85.8 Å². The zero-order valence-corrected chi connectivity index (χ0v) is 53.8. The number of thiazole rings is 6. The number of anilines is 1. The predicted octanol–water partition coefficient (Wildman–Crippen LogP) is 8.04. The fraction of sp³-hybridized carbons (Fsp3) is 0.362. The van der Waals surface area contributed by atoms with E-state index in [1.54, 1.807) is 75.8 Å². The van der Waals surface area contributed by atoms with Crippen molar-refractivity contribution in [2.75, 3.05) is 38.7 Å². The molecule has 2 unspecified atom stereocenters. The molecule has 10 rings (SSSR count). The van der Waals surface area contributed by atoms with Crippen LogP contribution in [-0.4, -0.2) is 142 Å². The Labute approximate surface area is 538 Å². The normalized spacial score (nSPS) is 17.8. The lowest BCUT2D eigenvalue weighted by Gasteiger charge is -2.23. The Kier molecular flexibility index (Phi) is 20.6. The average molecular weight is 1340 g/mol. The smallest absolute Gasteiger partial charge is 0.326 e. The second-order valence-electron chi connectivity index (χ2n) is 21.2. The number of methoxy groups -OCH3 is 1. The van der Waals surface area contributed by atoms with Gasteiger partial charge in [-0.1, -0.05) is 44.2 Å². The predicted molar refractivity (Wildman–Crippen MR) is 338 cm³/mol. The summed E-state index contributed by atoms with van der Waals surface area (Å²) in [7, 11) is 2.92. The molecule has 9 heterocycles. The molecule has 1 fully saturated rings. The Hall–Kier alpha value is -8.37. The maximum atomic E-state index is 14.4. The number of carboxylic acids is 2. The number of ether oxygens (including phenoxy) is 1. The molecular formula is C58H60N14O12S6. The lowest BCUT2D eigenvalue weighted by atomic mass is 10.0. The van der Waals surface area contributed by atoms with Gasteiger partial charge in [0.05, 0.1) is 48.3 Å². The summed E-state index contributed by atoms with van der Waals surface area (Å²) in [4.78, 5) is 145. The Balaban J connectivity index is 1.04. The zero-order chi connectivity index (χ0) is 63.9. The second kappa shape index (κ2) is 28.6. The van der Waals surface area contributed by atoms with Gasteiger partial charge in [-0.25, -0.2) is 39.7 Å². The number of carboxylic acid groups (broad SMARTS) is 2. The third kappa shape index (κ3) is 14.8. The highest BCUT2D eigenvalue weighted by molar-refractivity contribution is 7.15. The molecular weight excluding hydrogens is 1280 g/mol. The maximum absolute atomic E-state index is 14.4. The number of aliphatic hydroxyl groups is 1. The van der Waals surface area contributed by atoms with Gasteiger partial charge in [0.2, 0.25) is 11.8 Å². The minimum Gasteiger partial charge on any atom is -0.481 e. The van der Waals surface area contributed by atoms with E-state index in [2.05, 4.69) is 26.6 Å². The summed E-state index contributed by atoms with van der Waals surface area (Å²) < 4.78 is 5.45. The van der Waals surface area contributed by atoms with Crippen LogP contribution in [0.2, 0.25) is 0 Å². The number of rotatable bonds is 17. The van der Waals surface area contributed by atoms with Crippen LogP contribution in [0.5, 0.6) is 0 Å². The Morgan fingerprint density at radius 3 is 2.14 bits per heavy atom. The minimum atomic E-state index is -1.30. The van der Waals surface area contributed by atoms with E-state index in [4.69, 9.17) is 39.6 Å². The largest absolute Gasteiger partial charge is 0.481 e. The highest BCUT2D eigenvalue weighted by Crippen LogP contribution is 2.41. The molecule has 0 spiro atoms. The van der Waals surface area contributed by atoms with Crippen molar-refractivity contribution in [2.24, 2.45) is 5.92 Å². The number of fused-ring (bicyclic) bond motifs is 14. The number of urea groups is 1. The van der Waals surface area contributed by atoms with E-state index in [1.807, 2.05) is 13.8 Å². The number of nitrogens with one attached hydrogen (secondary N) is 5. The molecule has 470 valence electrons. The summed E-state index contributed by atoms with van der Waals surface area (Å²) in [6.07, 6.45) is -0.929. The van der Waals surface area contributed by atoms with Crippen molar-refractivity contribution >= 4 is 121 Å². The molecule has 0 saturated carbocycles. The van der Waals surface area contributed by atoms with Crippen LogP contribution in [0.3, 0.4) is 0 Å². The van der Waals surface area contributed by atoms with E-state index >= 15 is 0 Å². The molecule has 0 radical (unpaired) electrons. The number of carbonyl (C=O) groups is 8. The molecule has 8 aromatic rings. The molecule has 26 nitrogen and oxygen atoms in total. The summed E-state index contributed by atoms with van der Waals surface area (Å²) in [5, 5.41) is 53.7. The number of amides is 7. The molecule has 32 heteroatoms. The standard InChI is InChI=1S/C58H60N14O12S6/c1-27(2)43-57-70-46(37(90-57)22-84-5)50(81)60-20-40(74)67-47(48(79)29-11-7-6-8-12-29)56-65-36(25-87-56)54-63-34(23-86-54)45-31(52-64-35(24-85-52)49(80)62-33(19-39(73)59-4)55-69-44(28(3)89-55)51(82)68-43)16-17-32(61-45)53-66-38(26-88-53)72-30(13-9-14-41(75)76)21-71(58(72)83)18-10-15-42(77)78/h6-8,11-12,16-17,23-27,30,33,43,47-48,79H,9-10,13-15,18-22H2,1-5H3,(H,59,73)(H,60,81)(H,62,80)(H,67,74)(H,68,82)(H,75,76)(H,77,78)/t30?,33-,43?,47-,48-/m0/s1. The van der Waals surface area contributed by atoms with Gasteiger partial charge in [0.1, 0.15) is 82.2 Å². The first kappa shape index (κ1) is 64.6. The number of aromatic nitrogens is 7. The number of nitrogens with zero attached hydrogens (tertiary/aromatic N) is 9. The van der Waals surface area contributed by atoms with Crippen molar-refractivity contribution in [2.45, 2.75) is 96.2 Å². The van der Waals surface area contributed by atoms with Crippen LogP contribution in [0.4, 0.5) is 10.6 Å². The molecule has 90 heavy (non-hydrogen) atoms. The van der Waals surface area contributed by atoms with Gasteiger partial charge >= 0.3 is 18.0 Å². The second-order valence-corrected chi connectivity index (χ2v) is 27.0. The van der Waals surface area contributed by atoms with E-state index in [1.165, 1.54) is 53.1 Å². The van der Waals surface area contributed by atoms with Crippen molar-refractivity contribution < 1.29 is 58.4 Å². The van der Waals surface area contributed by atoms with E-state index in [9.17, 15) is 53.7 Å². The summed E-state index contributed by atoms with van der Waals surface area (Å²) in [6, 6.07) is 8.47. The molecule has 1 aromatic carbocycles. The molecule has 1 saturated heterocycles. The molecule has 7 amide bonds. The first-order valence-corrected chi connectivity index (χ1v) is 33.4. The van der Waals surface area contributed by atoms with Crippen molar-refractivity contribution in [1.29, 1.82) is 0 Å². The monoisotopic (exact) mass is 1340 g/mol. The van der Waals surface area contributed by atoms with Crippen LogP contribution >= 0.6 is 68.0 Å². The van der Waals surface area contributed by atoms with Crippen LogP contribution in [-0.2, 0) is 30.5 Å². The Morgan fingerprint density at radius 1 is 0.700 bits per heavy atom. The van der Waals surface area contributed by atoms with Crippen LogP contribution in [0.1, 0.15) is 138 Å². The Morgan fingerprint density at radius 2 is 1.40 bits per heavy atom. The highest BCUT2D eigenvalue weighted by atomic mass is 32.1. The number of aliphatic hydroxyl groups excluding tert-OH is 1. The van der Waals surface area contributed by atoms with Gasteiger partial charge in [0, 0.05) is 72.0 Å². The van der Waals surface area contributed by atoms with E-state index in [0.29, 0.717) is 80.9 Å². The van der Waals surface area contributed by atoms with Gasteiger partial charge in [-0.05, 0) is 49.8 Å². The molecule has 5 atom stereocenters. The average Bonchev–Trinajstić information content (AvgIpc) is 1.72. The summed E-state index contributed by atoms with van der Waals surface area (Å²) >= 11 is 7.05. The number of aliphatic carboxylic acids is 2. The SMILES string of the molecule is CNC(=O)C[C@@H]1NC(=O)c2csc(n2)-c2ccc(-c3nc(N4C(=O)N(CCCC(=O)O)CC4CCCC(=O)O)cs3)nc2-c2csc(n2)-c2csc(n2)[C@H]([C@@H](O)c2ccccc2)NC(=O)CNC(=O)c2nc(sc2COC)C(C(C)C)NC(=O)c2nc1sc2C. The van der Waals surface area contributed by atoms with Crippen molar-refractivity contribution in [3.63, 3.8) is 0 Å². The van der Waals surface area contributed by atoms with Crippen LogP contribution in [0.25, 0.3) is 43.4 Å². The van der Waals surface area contributed by atoms with Gasteiger partial charge in [-0.3, -0.25) is 38.5 Å². The number of pyridine rings is 1. The van der Waals surface area contributed by atoms with Gasteiger partial charge in [-0.2, -0.15) is 0 Å². The van der Waals surface area contributed by atoms with Gasteiger partial charge in [0.15, 0.2) is 0 Å². The maximum Gasteiger partial charge on any atom is 0.326 e. The van der Waals surface area contributed by atoms with Crippen LogP contribution in [0, 0.1) is 12.8 Å². The van der Waals surface area contributed by atoms with Gasteiger partial charge in [-0.15, -0.1) is 68.0 Å². The number of carbonyl (C=O) groups excluding carboxylic acids is 6. The molecule has 0 aliphatic carbocycles. The molecule has 2 aliphatic rings. The fourth-order valence-corrected chi connectivity index (χ4v) is 15.6. The first-order chi connectivity index (χ1) is 43.3. The first-order valence-electron chi connectivity index (χ1n) is 28.2. The summed E-state index contributed by atoms with van der Waals surface area (Å²) in [5.41, 5.74) is 2.42. The number of hydrogen-bond acceptors (Lipinski definition) is 23. The summed E-state index contributed by atoms with van der Waals surface area (Å²) in [5.74, 6) is -4.91. The van der Waals surface area contributed by atoms with Crippen molar-refractivity contribution in [1.82, 2.24) is 66.4 Å². The zero-order valence-electron chi connectivity index (χ0n) is 48.9. The summed E-state index contributed by atoms with van der Waals surface area (Å²) in [6.45, 7) is 5.32. The van der Waals surface area contributed by atoms with E-state index < -0.39 is 78.3 Å². The Bertz CT molecular complexity index is 3990. The van der Waals surface area contributed by atoms with Gasteiger partial charge in [0.25, 0.3) is 17.7 Å². The number of hydrogen-bond donors (Lipinski definition) is 8. The third-order valence-electron chi connectivity index (χ3n) is 14.5. The van der Waals surface area contributed by atoms with E-state index in [0.717, 1.165) is 34.0 Å². The lowest BCUT2D eigenvalue weighted by Crippen LogP contribution is -2.40. The fourth-order valence-electron chi connectivity index (χ4n) is 10.0. The van der Waals surface area contributed by atoms with Crippen molar-refractivity contribution in [3.8, 4) is 43.4 Å². The number of aryl methyl sites for hydroxylation is 1. The van der Waals surface area contributed by atoms with Crippen LogP contribution in [0.15, 0.2) is 64.0 Å².